The van der Waals surface area contributed by atoms with Crippen LogP contribution in [0.3, 0.4) is 0 Å². The molecule has 0 aliphatic heterocycles. The van der Waals surface area contributed by atoms with E-state index in [0.29, 0.717) is 17.1 Å². The molecule has 1 N–H and O–H groups in total. The van der Waals surface area contributed by atoms with Gasteiger partial charge in [0.1, 0.15) is 5.75 Å². The molecule has 0 saturated heterocycles. The Morgan fingerprint density at radius 3 is 2.49 bits per heavy atom. The molecule has 0 fully saturated rings. The Kier molecular flexibility index (Phi) is 7.91. The second kappa shape index (κ2) is 10.5. The lowest BCUT2D eigenvalue weighted by Gasteiger charge is -2.23. The molecule has 8 nitrogen and oxygen atoms in total. The lowest BCUT2D eigenvalue weighted by molar-refractivity contribution is -0.870. The standard InChI is InChI=1S/C23H24ClF3N4O4/c1-31(2,3)12-4-11-28-21(32)34-19-10-9-18(24)13-16(19)14-30-22(33)35-20(29-30)15-5-7-17(8-6-15)23(25,26)27/h5-10,13H,4,11-12,14H2,1-3H3/p+1. The minimum Gasteiger partial charge on any atom is -0.410 e. The van der Waals surface area contributed by atoms with Crippen molar-refractivity contribution in [3.8, 4) is 17.2 Å². The van der Waals surface area contributed by atoms with Gasteiger partial charge in [0, 0.05) is 29.1 Å². The molecule has 1 amide bonds. The second-order valence-corrected chi connectivity index (χ2v) is 9.28. The maximum Gasteiger partial charge on any atom is 0.437 e. The van der Waals surface area contributed by atoms with Crippen LogP contribution in [0.5, 0.6) is 5.75 Å². The summed E-state index contributed by atoms with van der Waals surface area (Å²) in [5, 5.41) is 7.07. The van der Waals surface area contributed by atoms with Crippen LogP contribution >= 0.6 is 11.6 Å². The largest absolute Gasteiger partial charge is 0.437 e. The highest BCUT2D eigenvalue weighted by Gasteiger charge is 2.30. The number of aromatic nitrogens is 2. The van der Waals surface area contributed by atoms with E-state index < -0.39 is 23.6 Å². The van der Waals surface area contributed by atoms with Gasteiger partial charge in [-0.3, -0.25) is 0 Å². The first-order valence-electron chi connectivity index (χ1n) is 10.6. The van der Waals surface area contributed by atoms with Crippen LogP contribution in [0, 0.1) is 0 Å². The number of hydrogen-bond donors (Lipinski definition) is 1. The van der Waals surface area contributed by atoms with Crippen LogP contribution in [0.4, 0.5) is 18.0 Å². The third-order valence-electron chi connectivity index (χ3n) is 4.89. The monoisotopic (exact) mass is 513 g/mol. The molecule has 3 rings (SSSR count). The molecule has 0 atom stereocenters. The summed E-state index contributed by atoms with van der Waals surface area (Å²) in [6.45, 7) is 1.15. The van der Waals surface area contributed by atoms with E-state index in [2.05, 4.69) is 10.4 Å². The fourth-order valence-corrected chi connectivity index (χ4v) is 3.33. The number of ether oxygens (including phenoxy) is 1. The van der Waals surface area contributed by atoms with Gasteiger partial charge >= 0.3 is 18.0 Å². The predicted octanol–water partition coefficient (Wildman–Crippen LogP) is 4.41. The molecule has 35 heavy (non-hydrogen) atoms. The molecule has 12 heteroatoms. The Bertz CT molecular complexity index is 1230. The Hall–Kier alpha value is -3.31. The molecule has 0 saturated carbocycles. The van der Waals surface area contributed by atoms with Gasteiger partial charge in [-0.1, -0.05) is 11.6 Å². The lowest BCUT2D eigenvalue weighted by atomic mass is 10.1. The summed E-state index contributed by atoms with van der Waals surface area (Å²) in [5.74, 6) is -0.816. The first kappa shape index (κ1) is 26.3. The van der Waals surface area contributed by atoms with Gasteiger partial charge in [-0.2, -0.15) is 17.9 Å². The number of hydrogen-bond acceptors (Lipinski definition) is 5. The first-order chi connectivity index (χ1) is 16.3. The maximum absolute atomic E-state index is 12.8. The molecule has 188 valence electrons. The molecule has 0 unspecified atom stereocenters. The summed E-state index contributed by atoms with van der Waals surface area (Å²) in [6.07, 6.45) is -4.39. The summed E-state index contributed by atoms with van der Waals surface area (Å²) in [4.78, 5) is 24.5. The van der Waals surface area contributed by atoms with Crippen molar-refractivity contribution < 1.29 is 31.6 Å². The highest BCUT2D eigenvalue weighted by Crippen LogP contribution is 2.30. The van der Waals surface area contributed by atoms with Gasteiger partial charge < -0.3 is 19.0 Å². The van der Waals surface area contributed by atoms with E-state index in [-0.39, 0.29) is 23.7 Å². The van der Waals surface area contributed by atoms with Gasteiger partial charge in [-0.15, -0.1) is 5.10 Å². The number of nitrogens with one attached hydrogen (secondary N) is 1. The van der Waals surface area contributed by atoms with E-state index in [4.69, 9.17) is 20.8 Å². The lowest BCUT2D eigenvalue weighted by Crippen LogP contribution is -2.38. The predicted molar refractivity (Wildman–Crippen MR) is 123 cm³/mol. The zero-order chi connectivity index (χ0) is 25.8. The van der Waals surface area contributed by atoms with Gasteiger partial charge in [0.2, 0.25) is 5.89 Å². The van der Waals surface area contributed by atoms with Crippen LogP contribution < -0.4 is 15.8 Å². The SMILES string of the molecule is C[N+](C)(C)CCCNC(=O)Oc1ccc(Cl)cc1Cn1nc(-c2ccc(C(F)(F)F)cc2)oc1=O. The topological polar surface area (TPSA) is 86.4 Å². The average Bonchev–Trinajstić information content (AvgIpc) is 3.12. The number of rotatable bonds is 8. The van der Waals surface area contributed by atoms with Crippen molar-refractivity contribution in [2.24, 2.45) is 0 Å². The second-order valence-electron chi connectivity index (χ2n) is 8.84. The molecule has 0 radical (unpaired) electrons. The number of alkyl halides is 3. The molecule has 3 aromatic rings. The fourth-order valence-electron chi connectivity index (χ4n) is 3.14. The van der Waals surface area contributed by atoms with Crippen molar-refractivity contribution >= 4 is 17.7 Å². The van der Waals surface area contributed by atoms with Crippen LogP contribution in [-0.2, 0) is 12.7 Å². The summed E-state index contributed by atoms with van der Waals surface area (Å²) < 4.78 is 50.6. The fraction of sp³-hybridized carbons (Fsp3) is 0.348. The van der Waals surface area contributed by atoms with Crippen LogP contribution in [0.1, 0.15) is 17.5 Å². The molecule has 0 bridgehead atoms. The third kappa shape index (κ3) is 7.59. The number of amides is 1. The van der Waals surface area contributed by atoms with Crippen molar-refractivity contribution in [3.05, 3.63) is 69.2 Å². The molecule has 0 spiro atoms. The minimum absolute atomic E-state index is 0.145. The molecular weight excluding hydrogens is 489 g/mol. The van der Waals surface area contributed by atoms with Crippen molar-refractivity contribution in [1.29, 1.82) is 0 Å². The van der Waals surface area contributed by atoms with Crippen LogP contribution in [-0.4, -0.2) is 54.6 Å². The van der Waals surface area contributed by atoms with Gasteiger partial charge in [0.05, 0.1) is 39.8 Å². The van der Waals surface area contributed by atoms with Gasteiger partial charge in [-0.25, -0.2) is 9.59 Å². The zero-order valence-corrected chi connectivity index (χ0v) is 20.1. The van der Waals surface area contributed by atoms with Gasteiger partial charge in [0.15, 0.2) is 0 Å². The maximum atomic E-state index is 12.8. The Morgan fingerprint density at radius 2 is 1.86 bits per heavy atom. The van der Waals surface area contributed by atoms with Crippen molar-refractivity contribution in [2.45, 2.75) is 19.1 Å². The smallest absolute Gasteiger partial charge is 0.410 e. The summed E-state index contributed by atoms with van der Waals surface area (Å²) >= 11 is 6.08. The Balaban J connectivity index is 1.73. The van der Waals surface area contributed by atoms with Gasteiger partial charge in [0.25, 0.3) is 0 Å². The number of carbonyl (C=O) groups is 1. The minimum atomic E-state index is -4.49. The number of quaternary nitrogens is 1. The highest BCUT2D eigenvalue weighted by molar-refractivity contribution is 6.30. The summed E-state index contributed by atoms with van der Waals surface area (Å²) in [5.41, 5.74) is -0.252. The summed E-state index contributed by atoms with van der Waals surface area (Å²) in [7, 11) is 6.15. The molecule has 2 aromatic carbocycles. The van der Waals surface area contributed by atoms with Crippen LogP contribution in [0.15, 0.2) is 51.7 Å². The number of carbonyl (C=O) groups excluding carboxylic acids is 1. The average molecular weight is 514 g/mol. The van der Waals surface area contributed by atoms with Crippen molar-refractivity contribution in [3.63, 3.8) is 0 Å². The Morgan fingerprint density at radius 1 is 1.17 bits per heavy atom. The quantitative estimate of drug-likeness (QED) is 0.356. The molecule has 0 aliphatic carbocycles. The van der Waals surface area contributed by atoms with Crippen LogP contribution in [0.2, 0.25) is 5.02 Å². The molecule has 0 aliphatic rings. The summed E-state index contributed by atoms with van der Waals surface area (Å²) in [6, 6.07) is 8.60. The Labute approximate surface area is 204 Å². The van der Waals surface area contributed by atoms with E-state index in [9.17, 15) is 22.8 Å². The number of halogens is 4. The highest BCUT2D eigenvalue weighted by atomic mass is 35.5. The van der Waals surface area contributed by atoms with E-state index in [1.165, 1.54) is 18.2 Å². The zero-order valence-electron chi connectivity index (χ0n) is 19.4. The van der Waals surface area contributed by atoms with Crippen molar-refractivity contribution in [2.75, 3.05) is 34.2 Å². The molecular formula is C23H25ClF3N4O4+. The van der Waals surface area contributed by atoms with E-state index in [0.717, 1.165) is 46.4 Å². The molecule has 1 aromatic heterocycles. The normalized spacial score (nSPS) is 12.0. The third-order valence-corrected chi connectivity index (χ3v) is 5.12. The van der Waals surface area contributed by atoms with Crippen molar-refractivity contribution in [1.82, 2.24) is 15.1 Å². The number of nitrogens with zero attached hydrogens (tertiary/aromatic N) is 3. The van der Waals surface area contributed by atoms with E-state index >= 15 is 0 Å². The first-order valence-corrected chi connectivity index (χ1v) is 11.0. The van der Waals surface area contributed by atoms with E-state index in [1.807, 2.05) is 21.1 Å². The number of benzene rings is 2. The van der Waals surface area contributed by atoms with Gasteiger partial charge in [-0.05, 0) is 42.5 Å². The molecule has 1 heterocycles. The van der Waals surface area contributed by atoms with Crippen LogP contribution in [0.25, 0.3) is 11.5 Å². The van der Waals surface area contributed by atoms with E-state index in [1.54, 1.807) is 0 Å².